The Hall–Kier alpha value is -2.63. The van der Waals surface area contributed by atoms with Crippen LogP contribution in [0.4, 0.5) is 0 Å². The first-order chi connectivity index (χ1) is 11.5. The molecule has 0 fully saturated rings. The van der Waals surface area contributed by atoms with Crippen molar-refractivity contribution in [2.75, 3.05) is 0 Å². The molecule has 3 rings (SSSR count). The van der Waals surface area contributed by atoms with Gasteiger partial charge >= 0.3 is 5.97 Å². The standard InChI is InChI=1S/C18H21N3O3/c1-11(2)15(18(23)24)19-17(22)16-13-9-6-10-14(13)21(20-16)12-7-4-3-5-8-12/h3-5,7-8,11,15H,6,9-10H2,1-2H3,(H,19,22)(H,23,24). The maximum Gasteiger partial charge on any atom is 0.326 e. The molecule has 6 heteroatoms. The number of nitrogens with one attached hydrogen (secondary N) is 1. The second-order valence-corrected chi connectivity index (χ2v) is 6.41. The molecule has 2 aromatic rings. The lowest BCUT2D eigenvalue weighted by Crippen LogP contribution is -2.44. The number of fused-ring (bicyclic) bond motifs is 1. The number of hydrogen-bond donors (Lipinski definition) is 2. The van der Waals surface area contributed by atoms with Gasteiger partial charge < -0.3 is 10.4 Å². The monoisotopic (exact) mass is 327 g/mol. The van der Waals surface area contributed by atoms with Gasteiger partial charge in [-0.1, -0.05) is 32.0 Å². The van der Waals surface area contributed by atoms with Crippen molar-refractivity contribution in [2.24, 2.45) is 5.92 Å². The molecule has 0 bridgehead atoms. The van der Waals surface area contributed by atoms with Gasteiger partial charge in [0.25, 0.3) is 5.91 Å². The highest BCUT2D eigenvalue weighted by Crippen LogP contribution is 2.27. The summed E-state index contributed by atoms with van der Waals surface area (Å²) in [6.45, 7) is 3.54. The highest BCUT2D eigenvalue weighted by molar-refractivity contribution is 5.96. The molecule has 1 amide bonds. The zero-order chi connectivity index (χ0) is 17.3. The van der Waals surface area contributed by atoms with Crippen molar-refractivity contribution in [3.05, 3.63) is 47.3 Å². The maximum absolute atomic E-state index is 12.6. The third kappa shape index (κ3) is 2.91. The minimum Gasteiger partial charge on any atom is -0.480 e. The Morgan fingerprint density at radius 1 is 1.21 bits per heavy atom. The number of hydrogen-bond acceptors (Lipinski definition) is 3. The molecule has 6 nitrogen and oxygen atoms in total. The molecule has 1 aliphatic rings. The topological polar surface area (TPSA) is 84.2 Å². The molecule has 1 aliphatic carbocycles. The van der Waals surface area contributed by atoms with Gasteiger partial charge in [-0.2, -0.15) is 5.10 Å². The van der Waals surface area contributed by atoms with Crippen LogP contribution in [0.15, 0.2) is 30.3 Å². The fraction of sp³-hybridized carbons (Fsp3) is 0.389. The van der Waals surface area contributed by atoms with Gasteiger partial charge in [0.2, 0.25) is 0 Å². The Morgan fingerprint density at radius 2 is 1.92 bits per heavy atom. The van der Waals surface area contributed by atoms with Crippen LogP contribution >= 0.6 is 0 Å². The van der Waals surface area contributed by atoms with E-state index in [0.717, 1.165) is 36.2 Å². The van der Waals surface area contributed by atoms with Gasteiger partial charge in [-0.15, -0.1) is 0 Å². The number of nitrogens with zero attached hydrogens (tertiary/aromatic N) is 2. The van der Waals surface area contributed by atoms with E-state index in [-0.39, 0.29) is 5.92 Å². The van der Waals surface area contributed by atoms with E-state index in [4.69, 9.17) is 0 Å². The number of aliphatic carboxylic acids is 1. The van der Waals surface area contributed by atoms with Gasteiger partial charge in [-0.3, -0.25) is 4.79 Å². The van der Waals surface area contributed by atoms with E-state index in [1.54, 1.807) is 13.8 Å². The van der Waals surface area contributed by atoms with Crippen molar-refractivity contribution in [2.45, 2.75) is 39.2 Å². The molecule has 1 aromatic carbocycles. The van der Waals surface area contributed by atoms with Crippen LogP contribution < -0.4 is 5.32 Å². The van der Waals surface area contributed by atoms with Crippen molar-refractivity contribution in [3.8, 4) is 5.69 Å². The van der Waals surface area contributed by atoms with Crippen LogP contribution in [-0.2, 0) is 17.6 Å². The van der Waals surface area contributed by atoms with Gasteiger partial charge in [0.05, 0.1) is 5.69 Å². The fourth-order valence-corrected chi connectivity index (χ4v) is 3.13. The zero-order valence-corrected chi connectivity index (χ0v) is 13.8. The quantitative estimate of drug-likeness (QED) is 0.882. The summed E-state index contributed by atoms with van der Waals surface area (Å²) >= 11 is 0. The molecular formula is C18H21N3O3. The molecule has 1 heterocycles. The van der Waals surface area contributed by atoms with Crippen molar-refractivity contribution < 1.29 is 14.7 Å². The number of carboxylic acids is 1. The van der Waals surface area contributed by atoms with E-state index in [0.29, 0.717) is 5.69 Å². The van der Waals surface area contributed by atoms with E-state index in [1.165, 1.54) is 0 Å². The van der Waals surface area contributed by atoms with Crippen LogP contribution in [0.5, 0.6) is 0 Å². The Balaban J connectivity index is 1.95. The summed E-state index contributed by atoms with van der Waals surface area (Å²) in [5.41, 5.74) is 3.23. The van der Waals surface area contributed by atoms with Crippen LogP contribution in [-0.4, -0.2) is 32.8 Å². The molecule has 1 unspecified atom stereocenters. The average Bonchev–Trinajstić information content (AvgIpc) is 3.14. The highest BCUT2D eigenvalue weighted by atomic mass is 16.4. The Bertz CT molecular complexity index is 765. The van der Waals surface area contributed by atoms with E-state index in [1.807, 2.05) is 35.0 Å². The minimum absolute atomic E-state index is 0.198. The number of amides is 1. The average molecular weight is 327 g/mol. The van der Waals surface area contributed by atoms with Crippen molar-refractivity contribution >= 4 is 11.9 Å². The lowest BCUT2D eigenvalue weighted by atomic mass is 10.0. The molecule has 1 atom stereocenters. The predicted octanol–water partition coefficient (Wildman–Crippen LogP) is 2.20. The molecule has 0 radical (unpaired) electrons. The summed E-state index contributed by atoms with van der Waals surface area (Å²) in [5.74, 6) is -1.64. The van der Waals surface area contributed by atoms with Crippen LogP contribution in [0.3, 0.4) is 0 Å². The summed E-state index contributed by atoms with van der Waals surface area (Å²) < 4.78 is 1.81. The van der Waals surface area contributed by atoms with Gasteiger partial charge in [-0.05, 0) is 37.3 Å². The van der Waals surface area contributed by atoms with Crippen molar-refractivity contribution in [1.29, 1.82) is 0 Å². The summed E-state index contributed by atoms with van der Waals surface area (Å²) in [4.78, 5) is 23.9. The summed E-state index contributed by atoms with van der Waals surface area (Å²) in [6.07, 6.45) is 2.65. The molecule has 0 aliphatic heterocycles. The molecule has 1 aromatic heterocycles. The van der Waals surface area contributed by atoms with Gasteiger partial charge in [0, 0.05) is 11.3 Å². The minimum atomic E-state index is -1.03. The van der Waals surface area contributed by atoms with Crippen molar-refractivity contribution in [1.82, 2.24) is 15.1 Å². The van der Waals surface area contributed by atoms with Gasteiger partial charge in [-0.25, -0.2) is 9.48 Å². The third-order valence-corrected chi connectivity index (χ3v) is 4.37. The normalized spacial score (nSPS) is 14.5. The number of carbonyl (C=O) groups is 2. The fourth-order valence-electron chi connectivity index (χ4n) is 3.13. The zero-order valence-electron chi connectivity index (χ0n) is 13.8. The second-order valence-electron chi connectivity index (χ2n) is 6.41. The maximum atomic E-state index is 12.6. The van der Waals surface area contributed by atoms with Crippen LogP contribution in [0.25, 0.3) is 5.69 Å². The van der Waals surface area contributed by atoms with Gasteiger partial charge in [0.1, 0.15) is 6.04 Å². The number of para-hydroxylation sites is 1. The Kier molecular flexibility index (Phi) is 4.38. The lowest BCUT2D eigenvalue weighted by Gasteiger charge is -2.17. The molecule has 126 valence electrons. The smallest absolute Gasteiger partial charge is 0.326 e. The van der Waals surface area contributed by atoms with Gasteiger partial charge in [0.15, 0.2) is 5.69 Å². The number of rotatable bonds is 5. The lowest BCUT2D eigenvalue weighted by molar-refractivity contribution is -0.140. The first-order valence-corrected chi connectivity index (χ1v) is 8.19. The van der Waals surface area contributed by atoms with E-state index >= 15 is 0 Å². The second kappa shape index (κ2) is 6.47. The van der Waals surface area contributed by atoms with E-state index < -0.39 is 17.9 Å². The van der Waals surface area contributed by atoms with Crippen LogP contribution in [0, 0.1) is 5.92 Å². The van der Waals surface area contributed by atoms with Crippen LogP contribution in [0.1, 0.15) is 42.0 Å². The Labute approximate surface area is 140 Å². The first-order valence-electron chi connectivity index (χ1n) is 8.19. The van der Waals surface area contributed by atoms with E-state index in [9.17, 15) is 14.7 Å². The summed E-state index contributed by atoms with van der Waals surface area (Å²) in [7, 11) is 0. The largest absolute Gasteiger partial charge is 0.480 e. The SMILES string of the molecule is CC(C)C(NC(=O)c1nn(-c2ccccc2)c2c1CCC2)C(=O)O. The highest BCUT2D eigenvalue weighted by Gasteiger charge is 2.30. The third-order valence-electron chi connectivity index (χ3n) is 4.37. The number of carboxylic acid groups (broad SMARTS) is 1. The molecule has 24 heavy (non-hydrogen) atoms. The summed E-state index contributed by atoms with van der Waals surface area (Å²) in [5, 5.41) is 16.4. The van der Waals surface area contributed by atoms with E-state index in [2.05, 4.69) is 10.4 Å². The molecule has 0 saturated heterocycles. The molecule has 0 saturated carbocycles. The van der Waals surface area contributed by atoms with Crippen molar-refractivity contribution in [3.63, 3.8) is 0 Å². The number of carbonyl (C=O) groups excluding carboxylic acids is 1. The van der Waals surface area contributed by atoms with Crippen LogP contribution in [0.2, 0.25) is 0 Å². The Morgan fingerprint density at radius 3 is 2.54 bits per heavy atom. The summed E-state index contributed by atoms with van der Waals surface area (Å²) in [6, 6.07) is 8.76. The number of benzene rings is 1. The first kappa shape index (κ1) is 16.2. The molecule has 0 spiro atoms. The molecular weight excluding hydrogens is 306 g/mol. The number of aromatic nitrogens is 2. The predicted molar refractivity (Wildman–Crippen MR) is 89.3 cm³/mol. The molecule has 2 N–H and O–H groups in total.